The van der Waals surface area contributed by atoms with Gasteiger partial charge in [-0.25, -0.2) is 8.42 Å². The van der Waals surface area contributed by atoms with Gasteiger partial charge < -0.3 is 9.80 Å². The molecule has 1 N–H and O–H groups in total. The molecule has 0 radical (unpaired) electrons. The number of anilines is 1. The van der Waals surface area contributed by atoms with Gasteiger partial charge in [0, 0.05) is 6.54 Å². The first kappa shape index (κ1) is 17.0. The second-order valence-corrected chi connectivity index (χ2v) is 9.28. The Bertz CT molecular complexity index is 813. The van der Waals surface area contributed by atoms with Crippen LogP contribution in [-0.4, -0.2) is 57.9 Å². The van der Waals surface area contributed by atoms with Crippen LogP contribution in [0.4, 0.5) is 5.69 Å². The zero-order valence-corrected chi connectivity index (χ0v) is 15.7. The van der Waals surface area contributed by atoms with Crippen LogP contribution in [0.5, 0.6) is 0 Å². The van der Waals surface area contributed by atoms with Crippen molar-refractivity contribution >= 4 is 21.6 Å². The smallest absolute Gasteiger partial charge is 0.243 e. The number of rotatable bonds is 3. The third-order valence-electron chi connectivity index (χ3n) is 5.96. The summed E-state index contributed by atoms with van der Waals surface area (Å²) in [6.45, 7) is 8.65. The molecule has 0 aromatic heterocycles. The molecule has 0 aliphatic carbocycles. The number of nitrogens with one attached hydrogen (secondary N) is 1. The monoisotopic (exact) mass is 364 g/mol. The summed E-state index contributed by atoms with van der Waals surface area (Å²) >= 11 is 0. The maximum absolute atomic E-state index is 13.2. The zero-order chi connectivity index (χ0) is 17.8. The van der Waals surface area contributed by atoms with Crippen molar-refractivity contribution in [1.29, 1.82) is 0 Å². The first-order valence-electron chi connectivity index (χ1n) is 9.25. The highest BCUT2D eigenvalue weighted by molar-refractivity contribution is 7.89. The van der Waals surface area contributed by atoms with Crippen molar-refractivity contribution in [2.24, 2.45) is 0 Å². The number of hydrogen-bond donors (Lipinski definition) is 1. The largest absolute Gasteiger partial charge is 0.333 e. The number of piperazine rings is 1. The van der Waals surface area contributed by atoms with Crippen LogP contribution in [0.2, 0.25) is 0 Å². The third kappa shape index (κ3) is 2.60. The SMILES string of the molecule is CC[NH+]1CCN(S(=O)(=O)c2cc3c4c(c2)[C@@H](C)C(=O)N4CCC3)CC1. The summed E-state index contributed by atoms with van der Waals surface area (Å²) in [5.41, 5.74) is 2.87. The number of quaternary nitrogens is 1. The maximum Gasteiger partial charge on any atom is 0.243 e. The number of amides is 1. The molecule has 1 aromatic carbocycles. The topological polar surface area (TPSA) is 62.1 Å². The van der Waals surface area contributed by atoms with Crippen LogP contribution < -0.4 is 9.80 Å². The molecule has 6 nitrogen and oxygen atoms in total. The summed E-state index contributed by atoms with van der Waals surface area (Å²) in [4.78, 5) is 16.1. The Balaban J connectivity index is 1.71. The number of carbonyl (C=O) groups excluding carboxylic acids is 1. The molecule has 1 fully saturated rings. The molecule has 4 rings (SSSR count). The van der Waals surface area contributed by atoms with E-state index < -0.39 is 10.0 Å². The second-order valence-electron chi connectivity index (χ2n) is 7.34. The van der Waals surface area contributed by atoms with E-state index in [4.69, 9.17) is 0 Å². The molecule has 1 atom stereocenters. The van der Waals surface area contributed by atoms with Crippen LogP contribution in [0.25, 0.3) is 0 Å². The van der Waals surface area contributed by atoms with E-state index in [2.05, 4.69) is 6.92 Å². The standard InChI is InChI=1S/C18H25N3O3S/c1-3-19-7-9-20(10-8-19)25(23,24)15-11-14-5-4-6-21-17(14)16(12-15)13(2)18(21)22/h11-13H,3-10H2,1-2H3/p+1/t13-/m1/s1. The van der Waals surface area contributed by atoms with E-state index in [1.54, 1.807) is 10.4 Å². The van der Waals surface area contributed by atoms with E-state index in [0.717, 1.165) is 55.8 Å². The van der Waals surface area contributed by atoms with Crippen molar-refractivity contribution in [3.63, 3.8) is 0 Å². The Morgan fingerprint density at radius 1 is 1.20 bits per heavy atom. The lowest BCUT2D eigenvalue weighted by Crippen LogP contribution is -3.14. The van der Waals surface area contributed by atoms with Gasteiger partial charge in [-0.2, -0.15) is 4.31 Å². The number of nitrogens with zero attached hydrogens (tertiary/aromatic N) is 2. The fraction of sp³-hybridized carbons (Fsp3) is 0.611. The van der Waals surface area contributed by atoms with E-state index in [-0.39, 0.29) is 11.8 Å². The lowest BCUT2D eigenvalue weighted by Gasteiger charge is -2.31. The number of benzene rings is 1. The Hall–Kier alpha value is -1.44. The molecule has 136 valence electrons. The van der Waals surface area contributed by atoms with Gasteiger partial charge in [0.15, 0.2) is 0 Å². The Morgan fingerprint density at radius 3 is 2.60 bits per heavy atom. The lowest BCUT2D eigenvalue weighted by molar-refractivity contribution is -0.901. The molecule has 7 heteroatoms. The lowest BCUT2D eigenvalue weighted by atomic mass is 9.97. The fourth-order valence-electron chi connectivity index (χ4n) is 4.36. The van der Waals surface area contributed by atoms with Gasteiger partial charge in [0.05, 0.1) is 49.2 Å². The molecular weight excluding hydrogens is 338 g/mol. The van der Waals surface area contributed by atoms with E-state index >= 15 is 0 Å². The van der Waals surface area contributed by atoms with Crippen molar-refractivity contribution in [3.05, 3.63) is 23.3 Å². The highest BCUT2D eigenvalue weighted by Crippen LogP contribution is 2.44. The van der Waals surface area contributed by atoms with E-state index in [1.807, 2.05) is 17.9 Å². The average molecular weight is 364 g/mol. The quantitative estimate of drug-likeness (QED) is 0.821. The van der Waals surface area contributed by atoms with Crippen LogP contribution in [0, 0.1) is 0 Å². The normalized spacial score (nSPS) is 24.6. The molecule has 0 saturated carbocycles. The summed E-state index contributed by atoms with van der Waals surface area (Å²) < 4.78 is 27.9. The van der Waals surface area contributed by atoms with Gasteiger partial charge in [0.1, 0.15) is 0 Å². The highest BCUT2D eigenvalue weighted by atomic mass is 32.2. The first-order valence-corrected chi connectivity index (χ1v) is 10.7. The van der Waals surface area contributed by atoms with Gasteiger partial charge in [-0.15, -0.1) is 0 Å². The van der Waals surface area contributed by atoms with Gasteiger partial charge in [0.2, 0.25) is 15.9 Å². The fourth-order valence-corrected chi connectivity index (χ4v) is 5.89. The van der Waals surface area contributed by atoms with Crippen LogP contribution in [0.1, 0.15) is 37.3 Å². The average Bonchev–Trinajstić information content (AvgIpc) is 2.88. The van der Waals surface area contributed by atoms with Gasteiger partial charge in [-0.05, 0) is 49.9 Å². The molecule has 0 unspecified atom stereocenters. The van der Waals surface area contributed by atoms with Gasteiger partial charge >= 0.3 is 0 Å². The Kier molecular flexibility index (Phi) is 4.13. The van der Waals surface area contributed by atoms with Crippen LogP contribution in [-0.2, 0) is 21.2 Å². The molecule has 0 bridgehead atoms. The molecule has 3 heterocycles. The number of carbonyl (C=O) groups is 1. The third-order valence-corrected chi connectivity index (χ3v) is 7.84. The van der Waals surface area contributed by atoms with Crippen molar-refractivity contribution in [2.45, 2.75) is 37.5 Å². The minimum atomic E-state index is -3.49. The zero-order valence-electron chi connectivity index (χ0n) is 14.9. The van der Waals surface area contributed by atoms with Gasteiger partial charge in [-0.1, -0.05) is 0 Å². The molecule has 1 saturated heterocycles. The maximum atomic E-state index is 13.2. The number of aryl methyl sites for hydroxylation is 1. The minimum absolute atomic E-state index is 0.102. The first-order chi connectivity index (χ1) is 11.9. The van der Waals surface area contributed by atoms with Crippen molar-refractivity contribution in [1.82, 2.24) is 4.31 Å². The second kappa shape index (κ2) is 6.07. The van der Waals surface area contributed by atoms with Crippen molar-refractivity contribution in [2.75, 3.05) is 44.2 Å². The van der Waals surface area contributed by atoms with Crippen LogP contribution in [0.15, 0.2) is 17.0 Å². The highest BCUT2D eigenvalue weighted by Gasteiger charge is 2.40. The van der Waals surface area contributed by atoms with Gasteiger partial charge in [0.25, 0.3) is 0 Å². The number of likely N-dealkylation sites (N-methyl/N-ethyl adjacent to an activating group) is 1. The number of sulfonamides is 1. The molecular formula is C18H26N3O3S+. The molecule has 3 aliphatic heterocycles. The Labute approximate surface area is 149 Å². The Morgan fingerprint density at radius 2 is 1.92 bits per heavy atom. The van der Waals surface area contributed by atoms with Crippen molar-refractivity contribution < 1.29 is 18.1 Å². The van der Waals surface area contributed by atoms with Crippen molar-refractivity contribution in [3.8, 4) is 0 Å². The molecule has 0 spiro atoms. The summed E-state index contributed by atoms with van der Waals surface area (Å²) in [6, 6.07) is 3.56. The van der Waals surface area contributed by atoms with Crippen LogP contribution in [0.3, 0.4) is 0 Å². The predicted molar refractivity (Wildman–Crippen MR) is 95.5 cm³/mol. The molecule has 1 aromatic rings. The minimum Gasteiger partial charge on any atom is -0.333 e. The van der Waals surface area contributed by atoms with E-state index in [1.165, 1.54) is 4.90 Å². The number of hydrogen-bond acceptors (Lipinski definition) is 3. The molecule has 3 aliphatic rings. The summed E-state index contributed by atoms with van der Waals surface area (Å²) in [5, 5.41) is 0. The summed E-state index contributed by atoms with van der Waals surface area (Å²) in [7, 11) is -3.49. The van der Waals surface area contributed by atoms with Gasteiger partial charge in [-0.3, -0.25) is 4.79 Å². The molecule has 25 heavy (non-hydrogen) atoms. The van der Waals surface area contributed by atoms with E-state index in [0.29, 0.717) is 18.0 Å². The predicted octanol–water partition coefficient (Wildman–Crippen LogP) is -0.00800. The molecule has 1 amide bonds. The summed E-state index contributed by atoms with van der Waals surface area (Å²) in [6.07, 6.45) is 1.74. The van der Waals surface area contributed by atoms with E-state index in [9.17, 15) is 13.2 Å². The van der Waals surface area contributed by atoms with Crippen LogP contribution >= 0.6 is 0 Å². The summed E-state index contributed by atoms with van der Waals surface area (Å²) in [5.74, 6) is -0.144.